The summed E-state index contributed by atoms with van der Waals surface area (Å²) < 4.78 is 26.3. The molecule has 3 N–H and O–H groups in total. The Morgan fingerprint density at radius 3 is 3.09 bits per heavy atom. The van der Waals surface area contributed by atoms with Crippen molar-refractivity contribution in [2.45, 2.75) is 12.3 Å². The molecule has 0 amide bonds. The van der Waals surface area contributed by atoms with Gasteiger partial charge in [-0.15, -0.1) is 4.52 Å². The molecule has 23 heavy (non-hydrogen) atoms. The molecular weight excluding hydrogens is 321 g/mol. The number of rotatable bonds is 5. The third-order valence-electron chi connectivity index (χ3n) is 3.44. The summed E-state index contributed by atoms with van der Waals surface area (Å²) in [7, 11) is 1.56. The highest BCUT2D eigenvalue weighted by Gasteiger charge is 2.29. The molecule has 1 fully saturated rings. The summed E-state index contributed by atoms with van der Waals surface area (Å²) >= 11 is 0. The van der Waals surface area contributed by atoms with Crippen LogP contribution in [0, 0.1) is 0 Å². The molecule has 3 rings (SSSR count). The molecule has 11 heteroatoms. The summed E-state index contributed by atoms with van der Waals surface area (Å²) in [5.74, 6) is 0.334. The van der Waals surface area contributed by atoms with Gasteiger partial charge in [-0.2, -0.15) is 0 Å². The fourth-order valence-corrected chi connectivity index (χ4v) is 2.82. The average Bonchev–Trinajstić information content (AvgIpc) is 2.98. The molecule has 124 valence electrons. The molecule has 0 bridgehead atoms. The Balaban J connectivity index is 1.70. The second-order valence-corrected chi connectivity index (χ2v) is 6.87. The molecule has 0 saturated carbocycles. The molecule has 0 aliphatic carbocycles. The van der Waals surface area contributed by atoms with Gasteiger partial charge in [0.15, 0.2) is 11.5 Å². The van der Waals surface area contributed by atoms with E-state index in [-0.39, 0.29) is 18.9 Å². The smallest absolute Gasteiger partial charge is 0.382 e. The number of hydrogen-bond acceptors (Lipinski definition) is 8. The fraction of sp³-hybridized carbons (Fsp3) is 0.583. The van der Waals surface area contributed by atoms with Crippen LogP contribution in [-0.2, 0) is 13.8 Å². The maximum absolute atomic E-state index is 11.6. The van der Waals surface area contributed by atoms with Gasteiger partial charge in [0.25, 0.3) is 0 Å². The van der Waals surface area contributed by atoms with E-state index in [1.807, 2.05) is 0 Å². The normalized spacial score (nSPS) is 22.7. The van der Waals surface area contributed by atoms with E-state index in [2.05, 4.69) is 20.3 Å². The molecule has 1 saturated heterocycles. The van der Waals surface area contributed by atoms with Crippen molar-refractivity contribution in [1.29, 1.82) is 0 Å². The number of fused-ring (bicyclic) bond motifs is 1. The van der Waals surface area contributed by atoms with Crippen LogP contribution in [0.1, 0.15) is 6.23 Å². The van der Waals surface area contributed by atoms with Crippen molar-refractivity contribution in [2.75, 3.05) is 39.5 Å². The molecule has 0 spiro atoms. The van der Waals surface area contributed by atoms with E-state index in [1.54, 1.807) is 25.0 Å². The quantitative estimate of drug-likeness (QED) is 0.732. The maximum Gasteiger partial charge on any atom is 0.615 e. The van der Waals surface area contributed by atoms with Crippen molar-refractivity contribution in [1.82, 2.24) is 29.5 Å². The summed E-state index contributed by atoms with van der Waals surface area (Å²) in [6.45, 7) is 1.46. The number of anilines is 1. The number of ether oxygens (including phenoxy) is 1. The van der Waals surface area contributed by atoms with Crippen molar-refractivity contribution in [2.24, 2.45) is 0 Å². The Bertz CT molecular complexity index is 707. The van der Waals surface area contributed by atoms with Crippen LogP contribution in [0.5, 0.6) is 0 Å². The van der Waals surface area contributed by atoms with Gasteiger partial charge in [0.2, 0.25) is 0 Å². The van der Waals surface area contributed by atoms with Crippen molar-refractivity contribution in [3.63, 3.8) is 0 Å². The summed E-state index contributed by atoms with van der Waals surface area (Å²) in [5.41, 5.74) is 6.96. The van der Waals surface area contributed by atoms with Crippen LogP contribution >= 0.6 is 8.18 Å². The minimum Gasteiger partial charge on any atom is -0.382 e. The summed E-state index contributed by atoms with van der Waals surface area (Å²) in [5, 5.41) is 3.27. The lowest BCUT2D eigenvalue weighted by molar-refractivity contribution is -0.0893. The first-order chi connectivity index (χ1) is 11.1. The number of nitrogens with one attached hydrogen (secondary N) is 1. The van der Waals surface area contributed by atoms with E-state index in [0.717, 1.165) is 0 Å². The Kier molecular flexibility index (Phi) is 4.79. The number of nitrogen functional groups attached to an aromatic ring is 1. The number of hydrogen-bond donors (Lipinski definition) is 2. The molecule has 1 aliphatic heterocycles. The Morgan fingerprint density at radius 1 is 1.48 bits per heavy atom. The average molecular weight is 340 g/mol. The lowest BCUT2D eigenvalue weighted by atomic mass is 10.3. The molecule has 2 aromatic heterocycles. The van der Waals surface area contributed by atoms with Crippen LogP contribution in [0.25, 0.3) is 11.2 Å². The van der Waals surface area contributed by atoms with Gasteiger partial charge in [-0.3, -0.25) is 4.57 Å². The highest BCUT2D eigenvalue weighted by Crippen LogP contribution is 2.26. The number of aromatic nitrogens is 4. The number of imidazole rings is 1. The second kappa shape index (κ2) is 6.81. The van der Waals surface area contributed by atoms with Gasteiger partial charge in [0, 0.05) is 27.2 Å². The van der Waals surface area contributed by atoms with Crippen molar-refractivity contribution in [3.05, 3.63) is 12.7 Å². The summed E-state index contributed by atoms with van der Waals surface area (Å²) in [6, 6.07) is 0. The molecule has 2 unspecified atom stereocenters. The Hall–Kier alpha value is -1.71. The zero-order valence-corrected chi connectivity index (χ0v) is 13.8. The highest BCUT2D eigenvalue weighted by molar-refractivity contribution is 7.36. The lowest BCUT2D eigenvalue weighted by Crippen LogP contribution is -2.44. The Labute approximate surface area is 133 Å². The van der Waals surface area contributed by atoms with Gasteiger partial charge in [-0.1, -0.05) is 4.67 Å². The molecule has 2 aromatic rings. The van der Waals surface area contributed by atoms with Gasteiger partial charge < -0.3 is 15.8 Å². The van der Waals surface area contributed by atoms with Crippen LogP contribution in [-0.4, -0.2) is 64.1 Å². The van der Waals surface area contributed by atoms with Gasteiger partial charge in [0.05, 0.1) is 6.33 Å². The first-order valence-electron chi connectivity index (χ1n) is 7.13. The van der Waals surface area contributed by atoms with Gasteiger partial charge in [-0.25, -0.2) is 15.0 Å². The molecular formula is C12H19N7O3P+. The predicted octanol–water partition coefficient (Wildman–Crippen LogP) is 0.131. The van der Waals surface area contributed by atoms with Crippen molar-refractivity contribution in [3.8, 4) is 0 Å². The first-order valence-corrected chi connectivity index (χ1v) is 8.26. The van der Waals surface area contributed by atoms with Gasteiger partial charge in [0.1, 0.15) is 30.8 Å². The molecule has 3 heterocycles. The summed E-state index contributed by atoms with van der Waals surface area (Å²) in [6.07, 6.45) is 2.51. The van der Waals surface area contributed by atoms with Crippen molar-refractivity contribution >= 4 is 25.2 Å². The number of nitrogens with two attached hydrogens (primary N) is 1. The minimum absolute atomic E-state index is 0.218. The predicted molar refractivity (Wildman–Crippen MR) is 83.8 cm³/mol. The molecule has 3 atom stereocenters. The monoisotopic (exact) mass is 340 g/mol. The summed E-state index contributed by atoms with van der Waals surface area (Å²) in [4.78, 5) is 12.4. The fourth-order valence-electron chi connectivity index (χ4n) is 2.29. The molecule has 1 aliphatic rings. The van der Waals surface area contributed by atoms with Crippen LogP contribution < -0.4 is 11.1 Å². The van der Waals surface area contributed by atoms with E-state index in [9.17, 15) is 4.57 Å². The molecule has 10 nitrogen and oxygen atoms in total. The van der Waals surface area contributed by atoms with Crippen LogP contribution in [0.3, 0.4) is 0 Å². The third kappa shape index (κ3) is 3.46. The SMILES string of the molecule is CN(C)[P+](=O)OC[C@@H]1CNCC(n2cnc3c(N)ncnc32)O1. The van der Waals surface area contributed by atoms with E-state index in [1.165, 1.54) is 11.0 Å². The van der Waals surface area contributed by atoms with Gasteiger partial charge in [-0.05, 0) is 4.57 Å². The van der Waals surface area contributed by atoms with Crippen LogP contribution in [0.4, 0.5) is 5.82 Å². The number of nitrogens with zero attached hydrogens (tertiary/aromatic N) is 5. The third-order valence-corrected chi connectivity index (χ3v) is 4.46. The van der Waals surface area contributed by atoms with Crippen LogP contribution in [0.15, 0.2) is 12.7 Å². The van der Waals surface area contributed by atoms with E-state index < -0.39 is 8.18 Å². The second-order valence-electron chi connectivity index (χ2n) is 5.33. The zero-order chi connectivity index (χ0) is 16.4. The first kappa shape index (κ1) is 16.2. The van der Waals surface area contributed by atoms with E-state index >= 15 is 0 Å². The minimum atomic E-state index is -1.84. The largest absolute Gasteiger partial charge is 0.615 e. The van der Waals surface area contributed by atoms with Crippen LogP contribution in [0.2, 0.25) is 0 Å². The molecule has 0 aromatic carbocycles. The Morgan fingerprint density at radius 2 is 2.30 bits per heavy atom. The van der Waals surface area contributed by atoms with Gasteiger partial charge >= 0.3 is 8.18 Å². The highest BCUT2D eigenvalue weighted by atomic mass is 31.1. The zero-order valence-electron chi connectivity index (χ0n) is 12.9. The maximum atomic E-state index is 11.6. The standard InChI is InChI=1S/C12H19N7O3P/c1-18(2)23(20)21-5-8-3-14-4-9(22-8)19-7-17-10-11(13)15-6-16-12(10)19/h6-9,14H,3-5H2,1-2H3,(H2,13,15,16)/q+1/t8-,9?/m0/s1. The molecule has 0 radical (unpaired) electrons. The van der Waals surface area contributed by atoms with E-state index in [4.69, 9.17) is 15.0 Å². The van der Waals surface area contributed by atoms with E-state index in [0.29, 0.717) is 30.1 Å². The van der Waals surface area contributed by atoms with Crippen molar-refractivity contribution < 1.29 is 13.8 Å². The topological polar surface area (TPSA) is 120 Å². The number of morpholine rings is 1. The lowest BCUT2D eigenvalue weighted by Gasteiger charge is -2.30.